The summed E-state index contributed by atoms with van der Waals surface area (Å²) >= 11 is 0. The summed E-state index contributed by atoms with van der Waals surface area (Å²) < 4.78 is 25.5. The van der Waals surface area contributed by atoms with Crippen LogP contribution in [0.15, 0.2) is 12.5 Å². The van der Waals surface area contributed by atoms with Gasteiger partial charge in [-0.3, -0.25) is 4.79 Å². The zero-order valence-electron chi connectivity index (χ0n) is 12.9. The van der Waals surface area contributed by atoms with E-state index in [-0.39, 0.29) is 29.4 Å². The summed E-state index contributed by atoms with van der Waals surface area (Å²) in [5, 5.41) is 0. The van der Waals surface area contributed by atoms with Crippen LogP contribution in [0.4, 0.5) is 0 Å². The van der Waals surface area contributed by atoms with Crippen molar-refractivity contribution in [3.05, 3.63) is 18.2 Å². The van der Waals surface area contributed by atoms with Crippen molar-refractivity contribution in [3.63, 3.8) is 0 Å². The molecule has 22 heavy (non-hydrogen) atoms. The number of carbonyl (C=O) groups is 1. The van der Waals surface area contributed by atoms with E-state index < -0.39 is 9.84 Å². The molecule has 2 aliphatic heterocycles. The number of fused-ring (bicyclic) bond motifs is 1. The molecule has 3 heterocycles. The smallest absolute Gasteiger partial charge is 0.226 e. The average molecular weight is 325 g/mol. The van der Waals surface area contributed by atoms with Crippen LogP contribution < -0.4 is 0 Å². The van der Waals surface area contributed by atoms with Crippen molar-refractivity contribution in [2.75, 3.05) is 18.1 Å². The fourth-order valence-electron chi connectivity index (χ4n) is 3.55. The van der Waals surface area contributed by atoms with Crippen molar-refractivity contribution in [2.45, 2.75) is 45.2 Å². The third kappa shape index (κ3) is 3.04. The maximum absolute atomic E-state index is 12.9. The fraction of sp³-hybridized carbons (Fsp3) is 0.733. The predicted octanol–water partition coefficient (Wildman–Crippen LogP) is 0.871. The first-order valence-corrected chi connectivity index (χ1v) is 9.82. The van der Waals surface area contributed by atoms with Gasteiger partial charge in [-0.2, -0.15) is 0 Å². The van der Waals surface area contributed by atoms with Crippen LogP contribution in [0, 0.1) is 5.92 Å². The number of carbonyl (C=O) groups excluding carboxylic acids is 1. The molecule has 6 nitrogen and oxygen atoms in total. The zero-order valence-corrected chi connectivity index (χ0v) is 13.8. The molecule has 1 saturated heterocycles. The number of sulfone groups is 1. The second-order valence-electron chi connectivity index (χ2n) is 6.36. The highest BCUT2D eigenvalue weighted by Gasteiger charge is 2.37. The number of imidazole rings is 1. The quantitative estimate of drug-likeness (QED) is 0.823. The van der Waals surface area contributed by atoms with Gasteiger partial charge in [-0.1, -0.05) is 6.92 Å². The molecule has 3 rings (SSSR count). The van der Waals surface area contributed by atoms with Crippen molar-refractivity contribution in [3.8, 4) is 0 Å². The van der Waals surface area contributed by atoms with E-state index in [1.807, 2.05) is 24.3 Å². The van der Waals surface area contributed by atoms with Crippen molar-refractivity contribution in [1.29, 1.82) is 0 Å². The van der Waals surface area contributed by atoms with Gasteiger partial charge < -0.3 is 9.47 Å². The van der Waals surface area contributed by atoms with E-state index in [1.54, 1.807) is 0 Å². The summed E-state index contributed by atoms with van der Waals surface area (Å²) in [5.41, 5.74) is 1.10. The Balaban J connectivity index is 1.73. The monoisotopic (exact) mass is 325 g/mol. The van der Waals surface area contributed by atoms with Gasteiger partial charge in [0.15, 0.2) is 9.84 Å². The molecule has 2 atom stereocenters. The van der Waals surface area contributed by atoms with Gasteiger partial charge in [-0.05, 0) is 19.3 Å². The van der Waals surface area contributed by atoms with E-state index in [0.29, 0.717) is 19.4 Å². The summed E-state index contributed by atoms with van der Waals surface area (Å²) in [6.45, 7) is 3.49. The van der Waals surface area contributed by atoms with E-state index in [9.17, 15) is 13.2 Å². The van der Waals surface area contributed by atoms with Crippen LogP contribution in [-0.2, 0) is 27.6 Å². The number of rotatable bonds is 4. The molecular formula is C15H23N3O3S. The molecule has 0 radical (unpaired) electrons. The third-order valence-electron chi connectivity index (χ3n) is 4.72. The summed E-state index contributed by atoms with van der Waals surface area (Å²) in [4.78, 5) is 18.9. The Kier molecular flexibility index (Phi) is 4.25. The average Bonchev–Trinajstić information content (AvgIpc) is 3.09. The minimum atomic E-state index is -2.97. The number of aryl methyl sites for hydroxylation is 1. The minimum Gasteiger partial charge on any atom is -0.338 e. The largest absolute Gasteiger partial charge is 0.338 e. The number of nitrogens with zero attached hydrogens (tertiary/aromatic N) is 3. The van der Waals surface area contributed by atoms with Gasteiger partial charge >= 0.3 is 0 Å². The van der Waals surface area contributed by atoms with Gasteiger partial charge in [0, 0.05) is 43.4 Å². The highest BCUT2D eigenvalue weighted by molar-refractivity contribution is 7.91. The maximum Gasteiger partial charge on any atom is 0.226 e. The van der Waals surface area contributed by atoms with Crippen molar-refractivity contribution in [2.24, 2.45) is 5.92 Å². The molecule has 2 unspecified atom stereocenters. The van der Waals surface area contributed by atoms with Crippen molar-refractivity contribution in [1.82, 2.24) is 14.5 Å². The highest BCUT2D eigenvalue weighted by atomic mass is 32.2. The Morgan fingerprint density at radius 3 is 2.95 bits per heavy atom. The van der Waals surface area contributed by atoms with Gasteiger partial charge in [-0.25, -0.2) is 13.4 Å². The van der Waals surface area contributed by atoms with Gasteiger partial charge in [0.05, 0.1) is 17.8 Å². The first-order valence-electron chi connectivity index (χ1n) is 8.00. The first kappa shape index (κ1) is 15.5. The Bertz CT molecular complexity index is 653. The zero-order chi connectivity index (χ0) is 15.7. The summed E-state index contributed by atoms with van der Waals surface area (Å²) in [7, 11) is -2.97. The second-order valence-corrected chi connectivity index (χ2v) is 8.59. The lowest BCUT2D eigenvalue weighted by atomic mass is 9.94. The van der Waals surface area contributed by atoms with Crippen LogP contribution in [-0.4, -0.2) is 52.9 Å². The topological polar surface area (TPSA) is 72.3 Å². The van der Waals surface area contributed by atoms with Crippen LogP contribution in [0.2, 0.25) is 0 Å². The number of aromatic nitrogens is 2. The summed E-state index contributed by atoms with van der Waals surface area (Å²) in [6, 6.07) is -0.135. The van der Waals surface area contributed by atoms with Gasteiger partial charge in [-0.15, -0.1) is 0 Å². The van der Waals surface area contributed by atoms with Crippen LogP contribution in [0.5, 0.6) is 0 Å². The second kappa shape index (κ2) is 6.02. The predicted molar refractivity (Wildman–Crippen MR) is 83.1 cm³/mol. The first-order chi connectivity index (χ1) is 10.5. The van der Waals surface area contributed by atoms with E-state index in [4.69, 9.17) is 0 Å². The Morgan fingerprint density at radius 2 is 2.27 bits per heavy atom. The fourth-order valence-corrected chi connectivity index (χ4v) is 5.28. The van der Waals surface area contributed by atoms with Crippen molar-refractivity contribution < 1.29 is 13.2 Å². The lowest BCUT2D eigenvalue weighted by Crippen LogP contribution is -2.46. The number of amides is 1. The Labute approximate surface area is 131 Å². The molecule has 2 aliphatic rings. The standard InChI is InChI=1S/C15H23N3O3S/c1-2-5-18(13-4-7-22(20,21)10-13)15(19)12-3-6-17-11-16-9-14(17)8-12/h9,11-13H,2-8,10H2,1H3. The van der Waals surface area contributed by atoms with E-state index >= 15 is 0 Å². The summed E-state index contributed by atoms with van der Waals surface area (Å²) in [6.07, 6.45) is 6.58. The molecule has 7 heteroatoms. The maximum atomic E-state index is 12.9. The molecule has 0 aromatic carbocycles. The van der Waals surface area contributed by atoms with Crippen LogP contribution in [0.1, 0.15) is 31.9 Å². The highest BCUT2D eigenvalue weighted by Crippen LogP contribution is 2.25. The van der Waals surface area contributed by atoms with Crippen LogP contribution >= 0.6 is 0 Å². The molecule has 0 bridgehead atoms. The molecule has 122 valence electrons. The Morgan fingerprint density at radius 1 is 1.45 bits per heavy atom. The van der Waals surface area contributed by atoms with Crippen molar-refractivity contribution >= 4 is 15.7 Å². The molecule has 0 spiro atoms. The molecular weight excluding hydrogens is 302 g/mol. The van der Waals surface area contributed by atoms with Gasteiger partial charge in [0.1, 0.15) is 0 Å². The van der Waals surface area contributed by atoms with Crippen LogP contribution in [0.25, 0.3) is 0 Å². The van der Waals surface area contributed by atoms with Crippen LogP contribution in [0.3, 0.4) is 0 Å². The summed E-state index contributed by atoms with van der Waals surface area (Å²) in [5.74, 6) is 0.418. The molecule has 0 N–H and O–H groups in total. The molecule has 1 aromatic heterocycles. The molecule has 1 aromatic rings. The minimum absolute atomic E-state index is 0.0425. The molecule has 0 aliphatic carbocycles. The normalized spacial score (nSPS) is 26.6. The molecule has 0 saturated carbocycles. The van der Waals surface area contributed by atoms with E-state index in [2.05, 4.69) is 9.55 Å². The number of hydrogen-bond donors (Lipinski definition) is 0. The van der Waals surface area contributed by atoms with Gasteiger partial charge in [0.2, 0.25) is 5.91 Å². The van der Waals surface area contributed by atoms with Gasteiger partial charge in [0.25, 0.3) is 0 Å². The number of hydrogen-bond acceptors (Lipinski definition) is 4. The third-order valence-corrected chi connectivity index (χ3v) is 6.47. The lowest BCUT2D eigenvalue weighted by Gasteiger charge is -2.33. The molecule has 1 amide bonds. The SMILES string of the molecule is CCCN(C(=O)C1CCn2cncc2C1)C1CCS(=O)(=O)C1. The van der Waals surface area contributed by atoms with E-state index in [0.717, 1.165) is 25.1 Å². The Hall–Kier alpha value is -1.37. The molecule has 1 fully saturated rings. The van der Waals surface area contributed by atoms with E-state index in [1.165, 1.54) is 0 Å². The lowest BCUT2D eigenvalue weighted by molar-refractivity contribution is -0.138.